The van der Waals surface area contributed by atoms with Gasteiger partial charge < -0.3 is 10.1 Å². The van der Waals surface area contributed by atoms with Crippen molar-refractivity contribution in [1.82, 2.24) is 5.32 Å². The first-order valence-electron chi connectivity index (χ1n) is 6.80. The van der Waals surface area contributed by atoms with E-state index in [0.717, 1.165) is 11.1 Å². The van der Waals surface area contributed by atoms with Crippen LogP contribution in [0.25, 0.3) is 0 Å². The minimum absolute atomic E-state index is 0.116. The van der Waals surface area contributed by atoms with E-state index < -0.39 is 0 Å². The topological polar surface area (TPSA) is 38.3 Å². The molecule has 0 saturated carbocycles. The molecule has 1 amide bonds. The second-order valence-electron chi connectivity index (χ2n) is 4.88. The van der Waals surface area contributed by atoms with Crippen LogP contribution in [0.1, 0.15) is 21.5 Å². The van der Waals surface area contributed by atoms with Crippen LogP contribution in [0, 0.1) is 19.7 Å². The number of carbonyl (C=O) groups is 1. The summed E-state index contributed by atoms with van der Waals surface area (Å²) in [4.78, 5) is 12.0. The van der Waals surface area contributed by atoms with Crippen LogP contribution in [0.4, 0.5) is 4.39 Å². The summed E-state index contributed by atoms with van der Waals surface area (Å²) >= 11 is 0. The van der Waals surface area contributed by atoms with E-state index in [9.17, 15) is 9.18 Å². The molecule has 0 atom stereocenters. The van der Waals surface area contributed by atoms with Gasteiger partial charge in [-0.2, -0.15) is 0 Å². The monoisotopic (exact) mass is 287 g/mol. The number of aryl methyl sites for hydroxylation is 2. The van der Waals surface area contributed by atoms with Crippen molar-refractivity contribution in [1.29, 1.82) is 0 Å². The lowest BCUT2D eigenvalue weighted by Gasteiger charge is -2.09. The Bertz CT molecular complexity index is 623. The fourth-order valence-corrected chi connectivity index (χ4v) is 2.03. The standard InChI is InChI=1S/C17H18FNO2/c1-12-3-8-16(13(2)11-12)17(20)19-9-10-21-15-6-4-14(18)5-7-15/h3-8,11H,9-10H2,1-2H3,(H,19,20). The number of hydrogen-bond acceptors (Lipinski definition) is 2. The average Bonchev–Trinajstić information content (AvgIpc) is 2.45. The van der Waals surface area contributed by atoms with Gasteiger partial charge in [0.1, 0.15) is 18.2 Å². The molecule has 0 radical (unpaired) electrons. The Hall–Kier alpha value is -2.36. The lowest BCUT2D eigenvalue weighted by Crippen LogP contribution is -2.28. The summed E-state index contributed by atoms with van der Waals surface area (Å²) in [7, 11) is 0. The summed E-state index contributed by atoms with van der Waals surface area (Å²) in [6.45, 7) is 4.63. The Kier molecular flexibility index (Phi) is 4.93. The molecule has 0 aliphatic heterocycles. The highest BCUT2D eigenvalue weighted by Crippen LogP contribution is 2.11. The van der Waals surface area contributed by atoms with Gasteiger partial charge in [0, 0.05) is 5.56 Å². The summed E-state index contributed by atoms with van der Waals surface area (Å²) in [5.41, 5.74) is 2.75. The fraction of sp³-hybridized carbons (Fsp3) is 0.235. The smallest absolute Gasteiger partial charge is 0.251 e. The van der Waals surface area contributed by atoms with Gasteiger partial charge in [0.25, 0.3) is 5.91 Å². The van der Waals surface area contributed by atoms with Gasteiger partial charge in [-0.25, -0.2) is 4.39 Å². The second kappa shape index (κ2) is 6.88. The molecule has 4 heteroatoms. The summed E-state index contributed by atoms with van der Waals surface area (Å²) in [5, 5.41) is 2.80. The van der Waals surface area contributed by atoms with Gasteiger partial charge in [-0.1, -0.05) is 17.7 Å². The Labute approximate surface area is 123 Å². The number of carbonyl (C=O) groups excluding carboxylic acids is 1. The minimum atomic E-state index is -0.300. The highest BCUT2D eigenvalue weighted by Gasteiger charge is 2.08. The third-order valence-corrected chi connectivity index (χ3v) is 3.10. The van der Waals surface area contributed by atoms with E-state index in [4.69, 9.17) is 4.74 Å². The molecule has 0 bridgehead atoms. The normalized spacial score (nSPS) is 10.2. The lowest BCUT2D eigenvalue weighted by molar-refractivity contribution is 0.0946. The van der Waals surface area contributed by atoms with Crippen molar-refractivity contribution in [2.75, 3.05) is 13.2 Å². The molecule has 110 valence electrons. The van der Waals surface area contributed by atoms with Crippen molar-refractivity contribution >= 4 is 5.91 Å². The number of benzene rings is 2. The Morgan fingerprint density at radius 2 is 1.86 bits per heavy atom. The number of hydrogen-bond donors (Lipinski definition) is 1. The first kappa shape index (κ1) is 15.0. The molecular weight excluding hydrogens is 269 g/mol. The van der Waals surface area contributed by atoms with Crippen molar-refractivity contribution in [2.45, 2.75) is 13.8 Å². The second-order valence-corrected chi connectivity index (χ2v) is 4.88. The maximum Gasteiger partial charge on any atom is 0.251 e. The number of halogens is 1. The molecule has 0 fully saturated rings. The molecule has 0 saturated heterocycles. The Morgan fingerprint density at radius 1 is 1.14 bits per heavy atom. The van der Waals surface area contributed by atoms with Gasteiger partial charge in [-0.3, -0.25) is 4.79 Å². The highest BCUT2D eigenvalue weighted by molar-refractivity contribution is 5.95. The molecule has 3 nitrogen and oxygen atoms in total. The first-order chi connectivity index (χ1) is 10.1. The Balaban J connectivity index is 1.80. The van der Waals surface area contributed by atoms with Crippen LogP contribution in [-0.2, 0) is 0 Å². The molecule has 2 rings (SSSR count). The van der Waals surface area contributed by atoms with Crippen LogP contribution in [-0.4, -0.2) is 19.1 Å². The van der Waals surface area contributed by atoms with E-state index in [2.05, 4.69) is 5.32 Å². The van der Waals surface area contributed by atoms with Crippen molar-refractivity contribution in [3.05, 3.63) is 65.0 Å². The van der Waals surface area contributed by atoms with E-state index in [-0.39, 0.29) is 11.7 Å². The van der Waals surface area contributed by atoms with Gasteiger partial charge in [0.2, 0.25) is 0 Å². The zero-order chi connectivity index (χ0) is 15.2. The van der Waals surface area contributed by atoms with Gasteiger partial charge in [0.15, 0.2) is 0 Å². The van der Waals surface area contributed by atoms with Gasteiger partial charge in [0.05, 0.1) is 6.54 Å². The fourth-order valence-electron chi connectivity index (χ4n) is 2.03. The third kappa shape index (κ3) is 4.31. The maximum absolute atomic E-state index is 12.7. The summed E-state index contributed by atoms with van der Waals surface area (Å²) in [6, 6.07) is 11.5. The van der Waals surface area contributed by atoms with Crippen LogP contribution < -0.4 is 10.1 Å². The molecule has 0 aromatic heterocycles. The quantitative estimate of drug-likeness (QED) is 0.857. The molecule has 2 aromatic carbocycles. The SMILES string of the molecule is Cc1ccc(C(=O)NCCOc2ccc(F)cc2)c(C)c1. The van der Waals surface area contributed by atoms with Gasteiger partial charge >= 0.3 is 0 Å². The van der Waals surface area contributed by atoms with E-state index in [1.54, 1.807) is 12.1 Å². The minimum Gasteiger partial charge on any atom is -0.492 e. The predicted molar refractivity (Wildman–Crippen MR) is 80.1 cm³/mol. The zero-order valence-electron chi connectivity index (χ0n) is 12.2. The average molecular weight is 287 g/mol. The van der Waals surface area contributed by atoms with Crippen LogP contribution >= 0.6 is 0 Å². The molecule has 2 aromatic rings. The van der Waals surface area contributed by atoms with Crippen molar-refractivity contribution in [3.8, 4) is 5.75 Å². The summed E-state index contributed by atoms with van der Waals surface area (Å²) in [6.07, 6.45) is 0. The molecule has 1 N–H and O–H groups in total. The van der Waals surface area contributed by atoms with Crippen molar-refractivity contribution < 1.29 is 13.9 Å². The lowest BCUT2D eigenvalue weighted by atomic mass is 10.1. The molecule has 21 heavy (non-hydrogen) atoms. The summed E-state index contributed by atoms with van der Waals surface area (Å²) in [5.74, 6) is 0.165. The van der Waals surface area contributed by atoms with Crippen LogP contribution in [0.15, 0.2) is 42.5 Å². The third-order valence-electron chi connectivity index (χ3n) is 3.10. The molecule has 0 spiro atoms. The van der Waals surface area contributed by atoms with Crippen LogP contribution in [0.2, 0.25) is 0 Å². The van der Waals surface area contributed by atoms with Gasteiger partial charge in [-0.05, 0) is 49.7 Å². The number of nitrogens with one attached hydrogen (secondary N) is 1. The first-order valence-corrected chi connectivity index (χ1v) is 6.80. The van der Waals surface area contributed by atoms with Crippen LogP contribution in [0.5, 0.6) is 5.75 Å². The van der Waals surface area contributed by atoms with Crippen molar-refractivity contribution in [3.63, 3.8) is 0 Å². The zero-order valence-corrected chi connectivity index (χ0v) is 12.2. The van der Waals surface area contributed by atoms with E-state index >= 15 is 0 Å². The number of ether oxygens (including phenoxy) is 1. The predicted octanol–water partition coefficient (Wildman–Crippen LogP) is 3.25. The van der Waals surface area contributed by atoms with Crippen LogP contribution in [0.3, 0.4) is 0 Å². The molecule has 0 aliphatic carbocycles. The highest BCUT2D eigenvalue weighted by atomic mass is 19.1. The molecule has 0 unspecified atom stereocenters. The summed E-state index contributed by atoms with van der Waals surface area (Å²) < 4.78 is 18.1. The van der Waals surface area contributed by atoms with E-state index in [0.29, 0.717) is 24.5 Å². The van der Waals surface area contributed by atoms with Crippen molar-refractivity contribution in [2.24, 2.45) is 0 Å². The maximum atomic E-state index is 12.7. The molecule has 0 heterocycles. The van der Waals surface area contributed by atoms with Gasteiger partial charge in [-0.15, -0.1) is 0 Å². The number of amides is 1. The molecule has 0 aliphatic rings. The molecular formula is C17H18FNO2. The number of rotatable bonds is 5. The largest absolute Gasteiger partial charge is 0.492 e. The Morgan fingerprint density at radius 3 is 2.52 bits per heavy atom. The van der Waals surface area contributed by atoms with E-state index in [1.165, 1.54) is 12.1 Å². The van der Waals surface area contributed by atoms with E-state index in [1.807, 2.05) is 32.0 Å².